The Hall–Kier alpha value is -3.79. The largest absolute Gasteiger partial charge is 0.490 e. The molecule has 2 N–H and O–H groups in total. The highest BCUT2D eigenvalue weighted by atomic mass is 19.1. The van der Waals surface area contributed by atoms with Crippen LogP contribution < -0.4 is 14.4 Å². The molecule has 8 nitrogen and oxygen atoms in total. The Morgan fingerprint density at radius 1 is 0.935 bits per heavy atom. The van der Waals surface area contributed by atoms with E-state index >= 15 is 0 Å². The molecule has 1 aliphatic rings. The number of anilines is 1. The Labute approximate surface area is 273 Å². The van der Waals surface area contributed by atoms with Crippen molar-refractivity contribution in [1.29, 1.82) is 0 Å². The molecule has 10 heteroatoms. The van der Waals surface area contributed by atoms with Crippen LogP contribution in [0.15, 0.2) is 42.7 Å². The van der Waals surface area contributed by atoms with E-state index in [0.29, 0.717) is 11.6 Å². The van der Waals surface area contributed by atoms with Crippen LogP contribution in [-0.2, 0) is 11.2 Å². The van der Waals surface area contributed by atoms with Gasteiger partial charge in [-0.15, -0.1) is 0 Å². The number of pyridine rings is 2. The molecule has 1 saturated heterocycles. The third-order valence-electron chi connectivity index (χ3n) is 6.61. The first-order valence-corrected chi connectivity index (χ1v) is 16.0. The molecule has 0 aliphatic carbocycles. The van der Waals surface area contributed by atoms with Crippen molar-refractivity contribution >= 4 is 11.7 Å². The molecule has 0 spiro atoms. The third kappa shape index (κ3) is 14.1. The maximum Gasteiger partial charge on any atom is 0.307 e. The van der Waals surface area contributed by atoms with Crippen LogP contribution in [0.4, 0.5) is 14.5 Å². The third-order valence-corrected chi connectivity index (χ3v) is 6.61. The van der Waals surface area contributed by atoms with Crippen molar-refractivity contribution in [2.75, 3.05) is 31.2 Å². The average Bonchev–Trinajstić information content (AvgIpc) is 2.97. The summed E-state index contributed by atoms with van der Waals surface area (Å²) in [6, 6.07) is 6.56. The average molecular weight is 646 g/mol. The van der Waals surface area contributed by atoms with Gasteiger partial charge < -0.3 is 24.6 Å². The van der Waals surface area contributed by atoms with Crippen molar-refractivity contribution < 1.29 is 33.3 Å². The molecule has 46 heavy (non-hydrogen) atoms. The zero-order valence-electron chi connectivity index (χ0n) is 29.2. The molecule has 0 unspecified atom stereocenters. The van der Waals surface area contributed by atoms with Crippen LogP contribution >= 0.6 is 0 Å². The number of nitrogens with zero attached hydrogens (tertiary/aromatic N) is 3. The number of aryl methyl sites for hydroxylation is 1. The zero-order valence-corrected chi connectivity index (χ0v) is 29.2. The lowest BCUT2D eigenvalue weighted by molar-refractivity contribution is -0.136. The first kappa shape index (κ1) is 40.2. The number of aliphatic carboxylic acids is 1. The summed E-state index contributed by atoms with van der Waals surface area (Å²) < 4.78 is 37.5. The van der Waals surface area contributed by atoms with Crippen molar-refractivity contribution in [3.8, 4) is 22.8 Å². The van der Waals surface area contributed by atoms with Crippen molar-refractivity contribution in [3.05, 3.63) is 65.6 Å². The highest BCUT2D eigenvalue weighted by molar-refractivity contribution is 5.84. The molecule has 0 radical (unpaired) electrons. The molecule has 0 amide bonds. The highest BCUT2D eigenvalue weighted by Crippen LogP contribution is 2.39. The number of halogens is 2. The van der Waals surface area contributed by atoms with Gasteiger partial charge in [0.2, 0.25) is 5.88 Å². The van der Waals surface area contributed by atoms with E-state index in [9.17, 15) is 18.7 Å². The number of piperidine rings is 1. The first-order chi connectivity index (χ1) is 21.6. The first-order valence-electron chi connectivity index (χ1n) is 16.0. The van der Waals surface area contributed by atoms with E-state index in [1.165, 1.54) is 0 Å². The van der Waals surface area contributed by atoms with E-state index in [-0.39, 0.29) is 30.8 Å². The van der Waals surface area contributed by atoms with Gasteiger partial charge in [-0.25, -0.2) is 13.8 Å². The number of aromatic nitrogens is 2. The fourth-order valence-electron chi connectivity index (χ4n) is 4.45. The zero-order chi connectivity index (χ0) is 35.1. The number of hydrogen-bond acceptors (Lipinski definition) is 7. The summed E-state index contributed by atoms with van der Waals surface area (Å²) in [5.74, 6) is -1.87. The number of carbonyl (C=O) groups is 1. The van der Waals surface area contributed by atoms with E-state index in [2.05, 4.69) is 28.7 Å². The lowest BCUT2D eigenvalue weighted by atomic mass is 9.82. The van der Waals surface area contributed by atoms with Crippen LogP contribution in [0.25, 0.3) is 11.1 Å². The van der Waals surface area contributed by atoms with Gasteiger partial charge in [0.25, 0.3) is 0 Å². The summed E-state index contributed by atoms with van der Waals surface area (Å²) in [5, 5.41) is 18.1. The van der Waals surface area contributed by atoms with Crippen molar-refractivity contribution in [3.63, 3.8) is 0 Å². The standard InChI is InChI=1S/C28H31F2N3O4.C4H10O.2C2H6/c1-18-23(15-26(34)35)27(33-8-6-28(2,3)7-9-33)24(17-31-18)19-4-5-25(32-16-19)37-11-10-36-22-13-20(29)12-21(30)14-22;1-4(2,3)5;2*1-2/h4-5,12-14,16-17H,6-11,15H2,1-3H3,(H,34,35);5H,1-3H3;2*1-2H3. The van der Waals surface area contributed by atoms with Gasteiger partial charge in [0.05, 0.1) is 17.7 Å². The Kier molecular flexibility index (Phi) is 16.6. The Morgan fingerprint density at radius 2 is 1.48 bits per heavy atom. The smallest absolute Gasteiger partial charge is 0.307 e. The molecule has 3 aromatic rings. The van der Waals surface area contributed by atoms with Crippen LogP contribution in [0.1, 0.15) is 86.4 Å². The van der Waals surface area contributed by atoms with Gasteiger partial charge in [-0.2, -0.15) is 0 Å². The summed E-state index contributed by atoms with van der Waals surface area (Å²) in [5.41, 5.74) is 3.71. The molecule has 4 rings (SSSR count). The molecular formula is C36H53F2N3O5. The summed E-state index contributed by atoms with van der Waals surface area (Å²) in [7, 11) is 0. The minimum atomic E-state index is -0.897. The molecule has 1 fully saturated rings. The van der Waals surface area contributed by atoms with Gasteiger partial charge in [-0.05, 0) is 52.0 Å². The maximum absolute atomic E-state index is 13.3. The quantitative estimate of drug-likeness (QED) is 0.224. The number of carboxylic acid groups (broad SMARTS) is 1. The van der Waals surface area contributed by atoms with Gasteiger partial charge >= 0.3 is 5.97 Å². The second-order valence-corrected chi connectivity index (χ2v) is 12.2. The summed E-state index contributed by atoms with van der Waals surface area (Å²) in [6.45, 7) is 21.5. The van der Waals surface area contributed by atoms with Gasteiger partial charge in [0.15, 0.2) is 0 Å². The molecule has 0 bridgehead atoms. The molecule has 3 heterocycles. The number of aliphatic hydroxyl groups is 1. The summed E-state index contributed by atoms with van der Waals surface area (Å²) in [4.78, 5) is 22.8. The fraction of sp³-hybridized carbons (Fsp3) is 0.528. The van der Waals surface area contributed by atoms with E-state index in [4.69, 9.17) is 14.6 Å². The minimum absolute atomic E-state index is 0.0853. The van der Waals surface area contributed by atoms with Gasteiger partial charge in [0.1, 0.15) is 30.6 Å². The van der Waals surface area contributed by atoms with Gasteiger partial charge in [-0.3, -0.25) is 9.78 Å². The normalized spacial score (nSPS) is 13.5. The molecule has 256 valence electrons. The summed E-state index contributed by atoms with van der Waals surface area (Å²) in [6.07, 6.45) is 5.36. The van der Waals surface area contributed by atoms with Crippen LogP contribution in [-0.4, -0.2) is 58.1 Å². The van der Waals surface area contributed by atoms with Crippen molar-refractivity contribution in [1.82, 2.24) is 9.97 Å². The molecule has 1 aliphatic heterocycles. The number of carboxylic acids is 1. The lowest BCUT2D eigenvalue weighted by Gasteiger charge is -2.40. The molecular weight excluding hydrogens is 592 g/mol. The fourth-order valence-corrected chi connectivity index (χ4v) is 4.45. The predicted molar refractivity (Wildman–Crippen MR) is 181 cm³/mol. The van der Waals surface area contributed by atoms with Gasteiger partial charge in [0, 0.05) is 72.1 Å². The van der Waals surface area contributed by atoms with Crippen LogP contribution in [0, 0.1) is 24.0 Å². The van der Waals surface area contributed by atoms with Crippen LogP contribution in [0.3, 0.4) is 0 Å². The topological polar surface area (TPSA) is 105 Å². The molecule has 0 saturated carbocycles. The molecule has 2 aromatic heterocycles. The maximum atomic E-state index is 13.3. The minimum Gasteiger partial charge on any atom is -0.490 e. The molecule has 1 aromatic carbocycles. The van der Waals surface area contributed by atoms with Crippen LogP contribution in [0.5, 0.6) is 11.6 Å². The summed E-state index contributed by atoms with van der Waals surface area (Å²) >= 11 is 0. The Morgan fingerprint density at radius 3 is 1.98 bits per heavy atom. The molecule has 0 atom stereocenters. The van der Waals surface area contributed by atoms with Crippen molar-refractivity contribution in [2.24, 2.45) is 5.41 Å². The van der Waals surface area contributed by atoms with Crippen LogP contribution in [0.2, 0.25) is 0 Å². The number of hydrogen-bond donors (Lipinski definition) is 2. The van der Waals surface area contributed by atoms with E-state index in [0.717, 1.165) is 66.5 Å². The Bertz CT molecular complexity index is 1320. The Balaban J connectivity index is 0.00000106. The van der Waals surface area contributed by atoms with E-state index in [1.54, 1.807) is 39.2 Å². The van der Waals surface area contributed by atoms with E-state index in [1.807, 2.05) is 40.7 Å². The predicted octanol–water partition coefficient (Wildman–Crippen LogP) is 8.27. The van der Waals surface area contributed by atoms with E-state index < -0.39 is 23.2 Å². The second-order valence-electron chi connectivity index (χ2n) is 12.2. The van der Waals surface area contributed by atoms with Gasteiger partial charge in [-0.1, -0.05) is 41.5 Å². The monoisotopic (exact) mass is 645 g/mol. The number of ether oxygens (including phenoxy) is 2. The second kappa shape index (κ2) is 19.0. The lowest BCUT2D eigenvalue weighted by Crippen LogP contribution is -2.38. The number of benzene rings is 1. The van der Waals surface area contributed by atoms with Crippen molar-refractivity contribution in [2.45, 2.75) is 94.1 Å². The highest BCUT2D eigenvalue weighted by Gasteiger charge is 2.29. The SMILES string of the molecule is CC.CC.CC(C)(C)O.Cc1ncc(-c2ccc(OCCOc3cc(F)cc(F)c3)nc2)c(N2CCC(C)(C)CC2)c1CC(=O)O. The number of rotatable bonds is 9.